The van der Waals surface area contributed by atoms with Gasteiger partial charge in [-0.15, -0.1) is 0 Å². The summed E-state index contributed by atoms with van der Waals surface area (Å²) in [5.74, 6) is 0. The van der Waals surface area contributed by atoms with Crippen LogP contribution in [-0.4, -0.2) is 32.7 Å². The first kappa shape index (κ1) is 24.5. The number of aryl methyl sites for hydroxylation is 1. The lowest BCUT2D eigenvalue weighted by Gasteiger charge is -2.33. The van der Waals surface area contributed by atoms with Crippen molar-refractivity contribution < 1.29 is 13.7 Å². The van der Waals surface area contributed by atoms with Crippen LogP contribution >= 0.6 is 0 Å². The molecule has 2 saturated heterocycles. The molecule has 182 valence electrons. The average molecular weight is 485 g/mol. The van der Waals surface area contributed by atoms with Gasteiger partial charge in [0.05, 0.1) is 11.2 Å². The van der Waals surface area contributed by atoms with Gasteiger partial charge in [-0.1, -0.05) is 91.0 Å². The Morgan fingerprint density at radius 1 is 0.743 bits per heavy atom. The van der Waals surface area contributed by atoms with Crippen LogP contribution in [0.3, 0.4) is 0 Å². The van der Waals surface area contributed by atoms with Crippen LogP contribution in [0.4, 0.5) is 0 Å². The Morgan fingerprint density at radius 3 is 1.74 bits per heavy atom. The summed E-state index contributed by atoms with van der Waals surface area (Å²) in [6, 6.07) is 32.7. The smallest absolute Gasteiger partial charge is 0.405 e. The molecule has 2 aliphatic rings. The minimum atomic E-state index is -2.54. The Labute approximate surface area is 212 Å². The Morgan fingerprint density at radius 2 is 1.23 bits per heavy atom. The summed E-state index contributed by atoms with van der Waals surface area (Å²) in [6.07, 6.45) is 4.16. The normalized spacial score (nSPS) is 24.5. The highest BCUT2D eigenvalue weighted by Crippen LogP contribution is 2.46. The highest BCUT2D eigenvalue weighted by molar-refractivity contribution is 6.99. The molecule has 2 heterocycles. The van der Waals surface area contributed by atoms with Gasteiger partial charge in [-0.2, -0.15) is 0 Å². The van der Waals surface area contributed by atoms with Crippen molar-refractivity contribution in [3.63, 3.8) is 0 Å². The largest absolute Gasteiger partial charge is 0.457 e. The maximum atomic E-state index is 7.30. The van der Waals surface area contributed by atoms with Crippen LogP contribution < -0.4 is 10.4 Å². The fourth-order valence-electron chi connectivity index (χ4n) is 5.74. The summed E-state index contributed by atoms with van der Waals surface area (Å²) in [5.41, 5.74) is 1.08. The van der Waals surface area contributed by atoms with Crippen LogP contribution in [0.2, 0.25) is 11.9 Å². The lowest BCUT2D eigenvalue weighted by molar-refractivity contribution is 0.00578. The van der Waals surface area contributed by atoms with Gasteiger partial charge in [0.25, 0.3) is 8.32 Å². The minimum Gasteiger partial charge on any atom is -0.405 e. The molecule has 5 heteroatoms. The average Bonchev–Trinajstić information content (AvgIpc) is 3.32. The lowest BCUT2D eigenvalue weighted by atomic mass is 9.81. The van der Waals surface area contributed by atoms with Crippen LogP contribution in [0.25, 0.3) is 0 Å². The number of hydrogen-bond donors (Lipinski definition) is 0. The molecule has 0 bridgehead atoms. The van der Waals surface area contributed by atoms with E-state index in [0.717, 1.165) is 25.6 Å². The van der Waals surface area contributed by atoms with Crippen LogP contribution in [0.15, 0.2) is 91.0 Å². The SMILES string of the molecule is CC1(C)OB(C[C@@H]2C[C@@H](CCc3ccccc3)O[Si]2(c2ccccc2)c2ccccc2)OC1(C)C. The van der Waals surface area contributed by atoms with Crippen molar-refractivity contribution >= 4 is 25.8 Å². The topological polar surface area (TPSA) is 27.7 Å². The molecular formula is C30H37BO3Si. The predicted octanol–water partition coefficient (Wildman–Crippen LogP) is 5.63. The van der Waals surface area contributed by atoms with E-state index in [1.807, 2.05) is 0 Å². The molecule has 0 aromatic heterocycles. The lowest BCUT2D eigenvalue weighted by Crippen LogP contribution is -2.62. The molecule has 0 spiro atoms. The van der Waals surface area contributed by atoms with Gasteiger partial charge in [-0.3, -0.25) is 0 Å². The van der Waals surface area contributed by atoms with E-state index in [2.05, 4.69) is 119 Å². The second-order valence-electron chi connectivity index (χ2n) is 11.1. The number of hydrogen-bond acceptors (Lipinski definition) is 3. The molecule has 35 heavy (non-hydrogen) atoms. The minimum absolute atomic E-state index is 0.217. The van der Waals surface area contributed by atoms with Crippen molar-refractivity contribution in [2.75, 3.05) is 0 Å². The Kier molecular flexibility index (Phi) is 6.79. The van der Waals surface area contributed by atoms with Gasteiger partial charge >= 0.3 is 7.12 Å². The highest BCUT2D eigenvalue weighted by Gasteiger charge is 2.58. The molecule has 2 fully saturated rings. The maximum Gasteiger partial charge on any atom is 0.457 e. The zero-order valence-corrected chi connectivity index (χ0v) is 22.4. The maximum absolute atomic E-state index is 7.30. The van der Waals surface area contributed by atoms with E-state index in [9.17, 15) is 0 Å². The standard InChI is InChI=1S/C30H37BO3Si/c1-29(2)30(3,4)34-31(33-29)23-28-22-25(21-20-24-14-8-5-9-15-24)32-35(28,26-16-10-6-11-17-26)27-18-12-7-13-19-27/h5-19,25,28H,20-23H2,1-4H3/t25-,28+/m1/s1. The first-order chi connectivity index (χ1) is 16.8. The second kappa shape index (κ2) is 9.70. The third-order valence-electron chi connectivity index (χ3n) is 8.26. The quantitative estimate of drug-likeness (QED) is 0.407. The molecule has 0 N–H and O–H groups in total. The van der Waals surface area contributed by atoms with E-state index >= 15 is 0 Å². The molecule has 2 aliphatic heterocycles. The molecule has 0 aliphatic carbocycles. The van der Waals surface area contributed by atoms with Gasteiger partial charge in [0.1, 0.15) is 0 Å². The zero-order chi connectivity index (χ0) is 24.5. The van der Waals surface area contributed by atoms with E-state index < -0.39 is 8.32 Å². The van der Waals surface area contributed by atoms with Crippen molar-refractivity contribution in [3.8, 4) is 0 Å². The van der Waals surface area contributed by atoms with Crippen molar-refractivity contribution in [3.05, 3.63) is 96.6 Å². The first-order valence-corrected chi connectivity index (χ1v) is 15.0. The van der Waals surface area contributed by atoms with Gasteiger partial charge in [-0.25, -0.2) is 0 Å². The summed E-state index contributed by atoms with van der Waals surface area (Å²) in [5, 5.41) is 2.69. The fraction of sp³-hybridized carbons (Fsp3) is 0.400. The van der Waals surface area contributed by atoms with Crippen LogP contribution in [-0.2, 0) is 20.2 Å². The van der Waals surface area contributed by atoms with E-state index in [4.69, 9.17) is 13.7 Å². The second-order valence-corrected chi connectivity index (χ2v) is 14.8. The molecule has 5 rings (SSSR count). The molecule has 0 amide bonds. The van der Waals surface area contributed by atoms with E-state index in [1.54, 1.807) is 0 Å². The highest BCUT2D eigenvalue weighted by atomic mass is 28.4. The third-order valence-corrected chi connectivity index (χ3v) is 13.0. The van der Waals surface area contributed by atoms with Crippen LogP contribution in [0.5, 0.6) is 0 Å². The van der Waals surface area contributed by atoms with Crippen LogP contribution in [0.1, 0.15) is 46.1 Å². The molecule has 0 radical (unpaired) electrons. The van der Waals surface area contributed by atoms with Gasteiger partial charge in [0.15, 0.2) is 0 Å². The van der Waals surface area contributed by atoms with Crippen molar-refractivity contribution in [2.24, 2.45) is 0 Å². The first-order valence-electron chi connectivity index (χ1n) is 13.0. The van der Waals surface area contributed by atoms with Crippen molar-refractivity contribution in [1.29, 1.82) is 0 Å². The summed E-state index contributed by atoms with van der Waals surface area (Å²) in [6.45, 7) is 8.56. The summed E-state index contributed by atoms with van der Waals surface area (Å²) in [7, 11) is -2.76. The molecule has 2 atom stereocenters. The van der Waals surface area contributed by atoms with Gasteiger partial charge < -0.3 is 13.7 Å². The van der Waals surface area contributed by atoms with Crippen LogP contribution in [0, 0.1) is 0 Å². The third kappa shape index (κ3) is 4.80. The Balaban J connectivity index is 1.49. The van der Waals surface area contributed by atoms with Gasteiger partial charge in [0.2, 0.25) is 0 Å². The molecular weight excluding hydrogens is 447 g/mol. The van der Waals surface area contributed by atoms with Gasteiger partial charge in [0, 0.05) is 6.10 Å². The molecule has 3 aromatic rings. The summed E-state index contributed by atoms with van der Waals surface area (Å²) >= 11 is 0. The monoisotopic (exact) mass is 484 g/mol. The van der Waals surface area contributed by atoms with E-state index in [0.29, 0.717) is 5.54 Å². The fourth-order valence-corrected chi connectivity index (χ4v) is 10.7. The Bertz CT molecular complexity index is 1050. The number of rotatable bonds is 7. The molecule has 3 aromatic carbocycles. The van der Waals surface area contributed by atoms with Gasteiger partial charge in [-0.05, 0) is 74.8 Å². The van der Waals surface area contributed by atoms with Crippen molar-refractivity contribution in [1.82, 2.24) is 0 Å². The van der Waals surface area contributed by atoms with Crippen molar-refractivity contribution in [2.45, 2.75) is 76.1 Å². The molecule has 0 saturated carbocycles. The number of benzene rings is 3. The van der Waals surface area contributed by atoms with E-state index in [-0.39, 0.29) is 24.4 Å². The predicted molar refractivity (Wildman–Crippen MR) is 147 cm³/mol. The van der Waals surface area contributed by atoms with E-state index in [1.165, 1.54) is 15.9 Å². The zero-order valence-electron chi connectivity index (χ0n) is 21.4. The summed E-state index contributed by atoms with van der Waals surface area (Å²) in [4.78, 5) is 0. The molecule has 3 nitrogen and oxygen atoms in total. The Hall–Kier alpha value is -2.18. The summed E-state index contributed by atoms with van der Waals surface area (Å²) < 4.78 is 20.3. The molecule has 0 unspecified atom stereocenters.